The Morgan fingerprint density at radius 2 is 2.39 bits per heavy atom. The number of carbonyl (C=O) groups excluding carboxylic acids is 1. The molecule has 0 spiro atoms. The molecule has 2 heterocycles. The third-order valence-electron chi connectivity index (χ3n) is 4.09. The van der Waals surface area contributed by atoms with Crippen molar-refractivity contribution in [2.24, 2.45) is 0 Å². The minimum Gasteiger partial charge on any atom is -0.391 e. The van der Waals surface area contributed by atoms with Crippen LogP contribution in [0.5, 0.6) is 0 Å². The van der Waals surface area contributed by atoms with Crippen molar-refractivity contribution in [3.63, 3.8) is 0 Å². The van der Waals surface area contributed by atoms with E-state index >= 15 is 0 Å². The molecule has 23 heavy (non-hydrogen) atoms. The molecular formula is C17H21N3O2S. The van der Waals surface area contributed by atoms with E-state index in [-0.39, 0.29) is 5.91 Å². The Hall–Kier alpha value is -1.92. The van der Waals surface area contributed by atoms with Gasteiger partial charge in [0.25, 0.3) is 5.91 Å². The summed E-state index contributed by atoms with van der Waals surface area (Å²) in [4.78, 5) is 19.7. The van der Waals surface area contributed by atoms with E-state index in [1.165, 1.54) is 4.88 Å². The number of carbonyl (C=O) groups is 1. The molecule has 5 nitrogen and oxygen atoms in total. The SMILES string of the molecule is Cc1ncsc1CNc1cccc(C(=O)N2CCCC(O)C2)c1. The number of piperidine rings is 1. The van der Waals surface area contributed by atoms with Crippen molar-refractivity contribution in [2.45, 2.75) is 32.4 Å². The van der Waals surface area contributed by atoms with Gasteiger partial charge < -0.3 is 15.3 Å². The minimum atomic E-state index is -0.400. The van der Waals surface area contributed by atoms with E-state index in [1.807, 2.05) is 36.7 Å². The number of amides is 1. The van der Waals surface area contributed by atoms with Crippen molar-refractivity contribution in [1.29, 1.82) is 0 Å². The number of aryl methyl sites for hydroxylation is 1. The Balaban J connectivity index is 1.67. The Kier molecular flexibility index (Phi) is 4.93. The molecule has 1 atom stereocenters. The molecular weight excluding hydrogens is 310 g/mol. The van der Waals surface area contributed by atoms with Crippen LogP contribution in [0.3, 0.4) is 0 Å². The zero-order chi connectivity index (χ0) is 16.2. The van der Waals surface area contributed by atoms with Crippen LogP contribution in [-0.4, -0.2) is 40.1 Å². The number of hydrogen-bond donors (Lipinski definition) is 2. The highest BCUT2D eigenvalue weighted by atomic mass is 32.1. The molecule has 1 fully saturated rings. The first kappa shape index (κ1) is 16.0. The van der Waals surface area contributed by atoms with Gasteiger partial charge in [-0.2, -0.15) is 0 Å². The molecule has 0 bridgehead atoms. The summed E-state index contributed by atoms with van der Waals surface area (Å²) < 4.78 is 0. The second-order valence-electron chi connectivity index (χ2n) is 5.84. The van der Waals surface area contributed by atoms with Gasteiger partial charge in [-0.1, -0.05) is 6.07 Å². The topological polar surface area (TPSA) is 65.5 Å². The van der Waals surface area contributed by atoms with E-state index in [1.54, 1.807) is 16.2 Å². The van der Waals surface area contributed by atoms with Crippen molar-refractivity contribution in [1.82, 2.24) is 9.88 Å². The highest BCUT2D eigenvalue weighted by Gasteiger charge is 2.23. The third kappa shape index (κ3) is 3.89. The summed E-state index contributed by atoms with van der Waals surface area (Å²) in [5, 5.41) is 13.1. The fourth-order valence-electron chi connectivity index (χ4n) is 2.76. The Bertz CT molecular complexity index is 686. The number of likely N-dealkylation sites (tertiary alicyclic amines) is 1. The molecule has 3 rings (SSSR count). The number of anilines is 1. The number of aliphatic hydroxyl groups excluding tert-OH is 1. The summed E-state index contributed by atoms with van der Waals surface area (Å²) >= 11 is 1.63. The quantitative estimate of drug-likeness (QED) is 0.904. The Labute approximate surface area is 140 Å². The predicted octanol–water partition coefficient (Wildman–Crippen LogP) is 2.66. The average molecular weight is 331 g/mol. The Morgan fingerprint density at radius 3 is 3.13 bits per heavy atom. The van der Waals surface area contributed by atoms with Gasteiger partial charge in [0, 0.05) is 29.2 Å². The molecule has 1 saturated heterocycles. The molecule has 0 aliphatic carbocycles. The van der Waals surface area contributed by atoms with Gasteiger partial charge in [-0.25, -0.2) is 4.98 Å². The first-order chi connectivity index (χ1) is 11.1. The largest absolute Gasteiger partial charge is 0.391 e. The number of nitrogens with one attached hydrogen (secondary N) is 1. The molecule has 2 N–H and O–H groups in total. The Morgan fingerprint density at radius 1 is 1.52 bits per heavy atom. The normalized spacial score (nSPS) is 18.0. The van der Waals surface area contributed by atoms with E-state index in [2.05, 4.69) is 10.3 Å². The van der Waals surface area contributed by atoms with Crippen LogP contribution in [0.25, 0.3) is 0 Å². The van der Waals surface area contributed by atoms with Crippen LogP contribution in [0.4, 0.5) is 5.69 Å². The zero-order valence-corrected chi connectivity index (χ0v) is 14.0. The lowest BCUT2D eigenvalue weighted by Crippen LogP contribution is -2.42. The van der Waals surface area contributed by atoms with Gasteiger partial charge in [0.2, 0.25) is 0 Å². The second kappa shape index (κ2) is 7.10. The first-order valence-electron chi connectivity index (χ1n) is 7.83. The van der Waals surface area contributed by atoms with E-state index in [4.69, 9.17) is 0 Å². The molecule has 1 aromatic carbocycles. The summed E-state index contributed by atoms with van der Waals surface area (Å²) in [6, 6.07) is 7.54. The molecule has 1 aromatic heterocycles. The molecule has 1 amide bonds. The van der Waals surface area contributed by atoms with Crippen molar-refractivity contribution in [3.05, 3.63) is 45.9 Å². The summed E-state index contributed by atoms with van der Waals surface area (Å²) in [6.07, 6.45) is 1.23. The lowest BCUT2D eigenvalue weighted by molar-refractivity contribution is 0.0474. The van der Waals surface area contributed by atoms with E-state index in [0.29, 0.717) is 25.2 Å². The number of rotatable bonds is 4. The number of nitrogens with zero attached hydrogens (tertiary/aromatic N) is 2. The second-order valence-corrected chi connectivity index (χ2v) is 6.78. The van der Waals surface area contributed by atoms with Crippen LogP contribution in [0.15, 0.2) is 29.8 Å². The molecule has 1 aliphatic heterocycles. The number of hydrogen-bond acceptors (Lipinski definition) is 5. The molecule has 0 saturated carbocycles. The van der Waals surface area contributed by atoms with Crippen LogP contribution in [0.2, 0.25) is 0 Å². The lowest BCUT2D eigenvalue weighted by atomic mass is 10.1. The van der Waals surface area contributed by atoms with Gasteiger partial charge in [-0.05, 0) is 38.0 Å². The summed E-state index contributed by atoms with van der Waals surface area (Å²) in [6.45, 7) is 3.84. The number of aliphatic hydroxyl groups is 1. The number of thiazole rings is 1. The van der Waals surface area contributed by atoms with Crippen LogP contribution in [0, 0.1) is 6.92 Å². The fourth-order valence-corrected chi connectivity index (χ4v) is 3.48. The van der Waals surface area contributed by atoms with Crippen LogP contribution < -0.4 is 5.32 Å². The predicted molar refractivity (Wildman–Crippen MR) is 91.8 cm³/mol. The van der Waals surface area contributed by atoms with Crippen LogP contribution >= 0.6 is 11.3 Å². The molecule has 122 valence electrons. The van der Waals surface area contributed by atoms with Gasteiger partial charge in [0.15, 0.2) is 0 Å². The summed E-state index contributed by atoms with van der Waals surface area (Å²) in [7, 11) is 0. The number of benzene rings is 1. The minimum absolute atomic E-state index is 0.0126. The lowest BCUT2D eigenvalue weighted by Gasteiger charge is -2.30. The summed E-state index contributed by atoms with van der Waals surface area (Å²) in [5.41, 5.74) is 4.46. The molecule has 1 aliphatic rings. The maximum atomic E-state index is 12.6. The highest BCUT2D eigenvalue weighted by molar-refractivity contribution is 7.09. The number of β-amino-alcohol motifs (C(OH)–C–C–N with tert-alkyl or cyclic N) is 1. The van der Waals surface area contributed by atoms with Gasteiger partial charge >= 0.3 is 0 Å². The van der Waals surface area contributed by atoms with E-state index in [0.717, 1.165) is 24.2 Å². The maximum absolute atomic E-state index is 12.6. The highest BCUT2D eigenvalue weighted by Crippen LogP contribution is 2.19. The van der Waals surface area contributed by atoms with Crippen molar-refractivity contribution >= 4 is 22.9 Å². The standard InChI is InChI=1S/C17H21N3O2S/c1-12-16(23-11-19-12)9-18-14-5-2-4-13(8-14)17(22)20-7-3-6-15(21)10-20/h2,4-5,8,11,15,18,21H,3,6-7,9-10H2,1H3. The van der Waals surface area contributed by atoms with Crippen molar-refractivity contribution in [2.75, 3.05) is 18.4 Å². The van der Waals surface area contributed by atoms with Crippen molar-refractivity contribution in [3.8, 4) is 0 Å². The van der Waals surface area contributed by atoms with Gasteiger partial charge in [-0.3, -0.25) is 4.79 Å². The van der Waals surface area contributed by atoms with Gasteiger partial charge in [0.1, 0.15) is 0 Å². The molecule has 2 aromatic rings. The zero-order valence-electron chi connectivity index (χ0n) is 13.2. The fraction of sp³-hybridized carbons (Fsp3) is 0.412. The summed E-state index contributed by atoms with van der Waals surface area (Å²) in [5.74, 6) is -0.0126. The van der Waals surface area contributed by atoms with Gasteiger partial charge in [0.05, 0.1) is 23.9 Å². The third-order valence-corrected chi connectivity index (χ3v) is 5.03. The average Bonchev–Trinajstić information content (AvgIpc) is 2.97. The molecule has 0 radical (unpaired) electrons. The smallest absolute Gasteiger partial charge is 0.254 e. The molecule has 6 heteroatoms. The number of aromatic nitrogens is 1. The monoisotopic (exact) mass is 331 g/mol. The van der Waals surface area contributed by atoms with E-state index in [9.17, 15) is 9.90 Å². The van der Waals surface area contributed by atoms with Gasteiger partial charge in [-0.15, -0.1) is 11.3 Å². The molecule has 1 unspecified atom stereocenters. The van der Waals surface area contributed by atoms with Crippen LogP contribution in [0.1, 0.15) is 33.8 Å². The van der Waals surface area contributed by atoms with Crippen molar-refractivity contribution < 1.29 is 9.90 Å². The van der Waals surface area contributed by atoms with Crippen LogP contribution in [-0.2, 0) is 6.54 Å². The van der Waals surface area contributed by atoms with E-state index < -0.39 is 6.10 Å². The maximum Gasteiger partial charge on any atom is 0.254 e. The first-order valence-corrected chi connectivity index (χ1v) is 8.71.